The molecule has 20 heavy (non-hydrogen) atoms. The number of hydrogen-bond donors (Lipinski definition) is 1. The van der Waals surface area contributed by atoms with Gasteiger partial charge in [0.15, 0.2) is 5.82 Å². The van der Waals surface area contributed by atoms with Gasteiger partial charge in [-0.2, -0.15) is 0 Å². The van der Waals surface area contributed by atoms with Crippen LogP contribution >= 0.6 is 0 Å². The molecule has 0 radical (unpaired) electrons. The van der Waals surface area contributed by atoms with Gasteiger partial charge in [0, 0.05) is 11.3 Å². The molecule has 5 heteroatoms. The van der Waals surface area contributed by atoms with Gasteiger partial charge < -0.3 is 5.73 Å². The number of anilines is 1. The summed E-state index contributed by atoms with van der Waals surface area (Å²) in [7, 11) is 0. The first kappa shape index (κ1) is 13.1. The minimum Gasteiger partial charge on any atom is -0.399 e. The Hall–Kier alpha value is -1.91. The minimum absolute atomic E-state index is 0.405. The van der Waals surface area contributed by atoms with Crippen molar-refractivity contribution in [2.75, 3.05) is 5.73 Å². The molecule has 5 nitrogen and oxygen atoms in total. The SMILES string of the molecule is CCC1CCC(n2nnnc2-c2ccc(N)cc2)C1C. The fourth-order valence-electron chi connectivity index (χ4n) is 3.38. The second-order valence-electron chi connectivity index (χ2n) is 5.74. The summed E-state index contributed by atoms with van der Waals surface area (Å²) < 4.78 is 2.01. The lowest BCUT2D eigenvalue weighted by Crippen LogP contribution is -2.17. The van der Waals surface area contributed by atoms with Crippen molar-refractivity contribution in [1.82, 2.24) is 20.2 Å². The number of tetrazole rings is 1. The number of nitrogens with two attached hydrogens (primary N) is 1. The van der Waals surface area contributed by atoms with E-state index in [9.17, 15) is 0 Å². The fourth-order valence-corrected chi connectivity index (χ4v) is 3.38. The first-order chi connectivity index (χ1) is 9.70. The van der Waals surface area contributed by atoms with Gasteiger partial charge in [-0.05, 0) is 59.4 Å². The monoisotopic (exact) mass is 271 g/mol. The third-order valence-corrected chi connectivity index (χ3v) is 4.68. The van der Waals surface area contributed by atoms with Crippen LogP contribution in [0.3, 0.4) is 0 Å². The molecule has 3 unspecified atom stereocenters. The molecule has 0 amide bonds. The summed E-state index contributed by atoms with van der Waals surface area (Å²) in [6, 6.07) is 8.15. The van der Waals surface area contributed by atoms with Gasteiger partial charge in [0.1, 0.15) is 0 Å². The molecule has 2 aromatic rings. The van der Waals surface area contributed by atoms with E-state index in [0.29, 0.717) is 12.0 Å². The maximum absolute atomic E-state index is 5.74. The number of aromatic nitrogens is 4. The first-order valence-electron chi connectivity index (χ1n) is 7.34. The molecule has 0 spiro atoms. The van der Waals surface area contributed by atoms with Gasteiger partial charge in [-0.25, -0.2) is 4.68 Å². The largest absolute Gasteiger partial charge is 0.399 e. The molecule has 3 atom stereocenters. The lowest BCUT2D eigenvalue weighted by Gasteiger charge is -2.20. The van der Waals surface area contributed by atoms with Crippen molar-refractivity contribution >= 4 is 5.69 Å². The van der Waals surface area contributed by atoms with Crippen LogP contribution in [-0.4, -0.2) is 20.2 Å². The first-order valence-corrected chi connectivity index (χ1v) is 7.34. The van der Waals surface area contributed by atoms with Gasteiger partial charge in [-0.1, -0.05) is 20.3 Å². The van der Waals surface area contributed by atoms with Crippen molar-refractivity contribution in [1.29, 1.82) is 0 Å². The highest BCUT2D eigenvalue weighted by molar-refractivity contribution is 5.58. The van der Waals surface area contributed by atoms with Crippen LogP contribution in [0.15, 0.2) is 24.3 Å². The predicted octanol–water partition coefficient (Wildman–Crippen LogP) is 2.92. The number of nitrogens with zero attached hydrogens (tertiary/aromatic N) is 4. The Morgan fingerprint density at radius 3 is 2.65 bits per heavy atom. The summed E-state index contributed by atoms with van der Waals surface area (Å²) in [6.07, 6.45) is 3.66. The van der Waals surface area contributed by atoms with E-state index in [1.165, 1.54) is 12.8 Å². The third-order valence-electron chi connectivity index (χ3n) is 4.68. The highest BCUT2D eigenvalue weighted by Gasteiger charge is 2.34. The quantitative estimate of drug-likeness (QED) is 0.871. The predicted molar refractivity (Wildman–Crippen MR) is 78.9 cm³/mol. The second kappa shape index (κ2) is 5.23. The highest BCUT2D eigenvalue weighted by Crippen LogP contribution is 2.42. The summed E-state index contributed by atoms with van der Waals surface area (Å²) in [4.78, 5) is 0. The molecule has 1 saturated carbocycles. The van der Waals surface area contributed by atoms with E-state index in [0.717, 1.165) is 29.4 Å². The van der Waals surface area contributed by atoms with E-state index in [1.807, 2.05) is 28.9 Å². The number of nitrogen functional groups attached to an aromatic ring is 1. The van der Waals surface area contributed by atoms with Gasteiger partial charge in [0.25, 0.3) is 0 Å². The van der Waals surface area contributed by atoms with Gasteiger partial charge in [-0.3, -0.25) is 0 Å². The number of benzene rings is 1. The van der Waals surface area contributed by atoms with E-state index in [4.69, 9.17) is 5.73 Å². The Kier molecular flexibility index (Phi) is 3.42. The molecule has 3 rings (SSSR count). The zero-order chi connectivity index (χ0) is 14.1. The smallest absolute Gasteiger partial charge is 0.182 e. The Balaban J connectivity index is 1.93. The van der Waals surface area contributed by atoms with Crippen LogP contribution in [0.1, 0.15) is 39.2 Å². The molecule has 1 fully saturated rings. The van der Waals surface area contributed by atoms with Crippen LogP contribution in [0.5, 0.6) is 0 Å². The Morgan fingerprint density at radius 2 is 2.00 bits per heavy atom. The van der Waals surface area contributed by atoms with Crippen molar-refractivity contribution in [2.24, 2.45) is 11.8 Å². The molecule has 0 aliphatic heterocycles. The molecule has 1 heterocycles. The summed E-state index contributed by atoms with van der Waals surface area (Å²) in [5, 5.41) is 12.3. The third kappa shape index (κ3) is 2.17. The van der Waals surface area contributed by atoms with Gasteiger partial charge >= 0.3 is 0 Å². The van der Waals surface area contributed by atoms with Crippen LogP contribution < -0.4 is 5.73 Å². The van der Waals surface area contributed by atoms with Gasteiger partial charge in [0.2, 0.25) is 0 Å². The van der Waals surface area contributed by atoms with E-state index in [-0.39, 0.29) is 0 Å². The van der Waals surface area contributed by atoms with Crippen molar-refractivity contribution in [3.05, 3.63) is 24.3 Å². The normalized spacial score (nSPS) is 26.0. The van der Waals surface area contributed by atoms with E-state index in [2.05, 4.69) is 29.4 Å². The molecule has 1 aliphatic carbocycles. The average molecular weight is 271 g/mol. The fraction of sp³-hybridized carbons (Fsp3) is 0.533. The average Bonchev–Trinajstić information content (AvgIpc) is 3.05. The van der Waals surface area contributed by atoms with E-state index in [1.54, 1.807) is 0 Å². The Morgan fingerprint density at radius 1 is 1.25 bits per heavy atom. The van der Waals surface area contributed by atoms with Crippen LogP contribution in [-0.2, 0) is 0 Å². The number of rotatable bonds is 3. The molecular formula is C15H21N5. The van der Waals surface area contributed by atoms with Crippen LogP contribution in [0.4, 0.5) is 5.69 Å². The molecule has 1 aromatic carbocycles. The van der Waals surface area contributed by atoms with Crippen LogP contribution in [0.25, 0.3) is 11.4 Å². The van der Waals surface area contributed by atoms with Gasteiger partial charge in [0.05, 0.1) is 6.04 Å². The Labute approximate surface area is 119 Å². The summed E-state index contributed by atoms with van der Waals surface area (Å²) in [5.74, 6) is 2.25. The standard InChI is InChI=1S/C15H21N5/c1-3-11-6-9-14(10(11)2)20-15(17-18-19-20)12-4-7-13(16)8-5-12/h4-5,7-8,10-11,14H,3,6,9,16H2,1-2H3. The molecule has 2 N–H and O–H groups in total. The molecule has 1 aliphatic rings. The maximum Gasteiger partial charge on any atom is 0.182 e. The molecule has 1 aromatic heterocycles. The summed E-state index contributed by atoms with van der Waals surface area (Å²) in [5.41, 5.74) is 7.52. The van der Waals surface area contributed by atoms with Crippen molar-refractivity contribution in [3.8, 4) is 11.4 Å². The molecule has 0 saturated heterocycles. The van der Waals surface area contributed by atoms with Crippen molar-refractivity contribution in [3.63, 3.8) is 0 Å². The summed E-state index contributed by atoms with van der Waals surface area (Å²) in [6.45, 7) is 4.59. The number of hydrogen-bond acceptors (Lipinski definition) is 4. The highest BCUT2D eigenvalue weighted by atomic mass is 15.6. The Bertz CT molecular complexity index is 574. The van der Waals surface area contributed by atoms with E-state index < -0.39 is 0 Å². The molecule has 0 bridgehead atoms. The minimum atomic E-state index is 0.405. The summed E-state index contributed by atoms with van der Waals surface area (Å²) >= 11 is 0. The molecular weight excluding hydrogens is 250 g/mol. The zero-order valence-electron chi connectivity index (χ0n) is 12.0. The van der Waals surface area contributed by atoms with Crippen LogP contribution in [0.2, 0.25) is 0 Å². The lowest BCUT2D eigenvalue weighted by molar-refractivity contribution is 0.310. The second-order valence-corrected chi connectivity index (χ2v) is 5.74. The van der Waals surface area contributed by atoms with E-state index >= 15 is 0 Å². The van der Waals surface area contributed by atoms with Crippen molar-refractivity contribution in [2.45, 2.75) is 39.2 Å². The molecule has 106 valence electrons. The zero-order valence-corrected chi connectivity index (χ0v) is 12.0. The maximum atomic E-state index is 5.74. The van der Waals surface area contributed by atoms with Crippen LogP contribution in [0, 0.1) is 11.8 Å². The topological polar surface area (TPSA) is 69.6 Å². The lowest BCUT2D eigenvalue weighted by atomic mass is 9.93. The van der Waals surface area contributed by atoms with Gasteiger partial charge in [-0.15, -0.1) is 5.10 Å². The van der Waals surface area contributed by atoms with Crippen molar-refractivity contribution < 1.29 is 0 Å².